The number of hydrogen-bond donors (Lipinski definition) is 0. The van der Waals surface area contributed by atoms with Crippen LogP contribution in [0.25, 0.3) is 5.00 Å². The predicted octanol–water partition coefficient (Wildman–Crippen LogP) is 3.39. The minimum atomic E-state index is -0.333. The van der Waals surface area contributed by atoms with Crippen molar-refractivity contribution in [2.24, 2.45) is 0 Å². The van der Waals surface area contributed by atoms with E-state index in [9.17, 15) is 14.0 Å². The van der Waals surface area contributed by atoms with Gasteiger partial charge in [-0.3, -0.25) is 4.79 Å². The molecule has 29 heavy (non-hydrogen) atoms. The van der Waals surface area contributed by atoms with Gasteiger partial charge in [-0.2, -0.15) is 5.10 Å². The smallest absolute Gasteiger partial charge is 0.351 e. The summed E-state index contributed by atoms with van der Waals surface area (Å²) in [7, 11) is 0. The molecule has 3 aromatic heterocycles. The van der Waals surface area contributed by atoms with E-state index in [0.717, 1.165) is 11.1 Å². The van der Waals surface area contributed by atoms with Gasteiger partial charge < -0.3 is 4.42 Å². The van der Waals surface area contributed by atoms with Crippen molar-refractivity contribution < 1.29 is 13.6 Å². The molecule has 0 aliphatic heterocycles. The van der Waals surface area contributed by atoms with Crippen LogP contribution in [0.5, 0.6) is 0 Å². The second kappa shape index (κ2) is 7.96. The van der Waals surface area contributed by atoms with Crippen molar-refractivity contribution >= 4 is 17.1 Å². The number of benzene rings is 1. The van der Waals surface area contributed by atoms with Gasteiger partial charge in [0.2, 0.25) is 0 Å². The number of aromatic nitrogens is 4. The normalized spacial score (nSPS) is 11.1. The van der Waals surface area contributed by atoms with Crippen LogP contribution in [0.15, 0.2) is 58.3 Å². The van der Waals surface area contributed by atoms with Gasteiger partial charge in [-0.15, -0.1) is 11.3 Å². The number of nitrogens with zero attached hydrogens (tertiary/aromatic N) is 4. The number of ketones is 1. The SMILES string of the molecule is Cc1cc(-n2cnn(Cc3ccc(F)cc3)c2=O)sc1C(=O)CCc1ncco1. The van der Waals surface area contributed by atoms with Gasteiger partial charge in [0.25, 0.3) is 0 Å². The first-order chi connectivity index (χ1) is 14.0. The topological polar surface area (TPSA) is 82.9 Å². The Kier molecular flexibility index (Phi) is 5.22. The average Bonchev–Trinajstić information content (AvgIpc) is 3.43. The fraction of sp³-hybridized carbons (Fsp3) is 0.200. The van der Waals surface area contributed by atoms with Crippen LogP contribution in [0.4, 0.5) is 4.39 Å². The molecule has 0 unspecified atom stereocenters. The molecule has 0 aliphatic rings. The van der Waals surface area contributed by atoms with Gasteiger partial charge in [-0.1, -0.05) is 12.1 Å². The van der Waals surface area contributed by atoms with Crippen LogP contribution in [0.3, 0.4) is 0 Å². The third-order valence-corrected chi connectivity index (χ3v) is 5.70. The van der Waals surface area contributed by atoms with Gasteiger partial charge >= 0.3 is 5.69 Å². The first-order valence-electron chi connectivity index (χ1n) is 8.92. The Balaban J connectivity index is 1.52. The molecule has 9 heteroatoms. The molecule has 148 valence electrons. The number of halogens is 1. The van der Waals surface area contributed by atoms with Crippen LogP contribution >= 0.6 is 11.3 Å². The zero-order valence-corrected chi connectivity index (χ0v) is 16.4. The van der Waals surface area contributed by atoms with Crippen LogP contribution < -0.4 is 5.69 Å². The molecular weight excluding hydrogens is 395 g/mol. The molecule has 0 N–H and O–H groups in total. The maximum absolute atomic E-state index is 13.0. The molecule has 0 saturated carbocycles. The van der Waals surface area contributed by atoms with E-state index in [0.29, 0.717) is 22.2 Å². The van der Waals surface area contributed by atoms with Crippen molar-refractivity contribution in [2.45, 2.75) is 26.3 Å². The van der Waals surface area contributed by atoms with E-state index in [1.165, 1.54) is 45.3 Å². The lowest BCUT2D eigenvalue weighted by molar-refractivity contribution is 0.0983. The van der Waals surface area contributed by atoms with Crippen molar-refractivity contribution in [1.82, 2.24) is 19.3 Å². The number of carbonyl (C=O) groups excluding carboxylic acids is 1. The summed E-state index contributed by atoms with van der Waals surface area (Å²) < 4.78 is 20.9. The third kappa shape index (κ3) is 4.09. The first-order valence-corrected chi connectivity index (χ1v) is 9.74. The second-order valence-electron chi connectivity index (χ2n) is 6.51. The van der Waals surface area contributed by atoms with E-state index in [2.05, 4.69) is 10.1 Å². The molecule has 4 rings (SSSR count). The summed E-state index contributed by atoms with van der Waals surface area (Å²) in [6.45, 7) is 2.07. The molecule has 3 heterocycles. The number of hydrogen-bond acceptors (Lipinski definition) is 6. The molecule has 7 nitrogen and oxygen atoms in total. The van der Waals surface area contributed by atoms with Crippen LogP contribution in [0.1, 0.15) is 33.1 Å². The summed E-state index contributed by atoms with van der Waals surface area (Å²) in [4.78, 5) is 29.9. The summed E-state index contributed by atoms with van der Waals surface area (Å²) in [5, 5.41) is 4.76. The Labute approximate surface area is 169 Å². The van der Waals surface area contributed by atoms with Gasteiger partial charge in [0.15, 0.2) is 11.7 Å². The molecule has 4 aromatic rings. The summed E-state index contributed by atoms with van der Waals surface area (Å²) in [6, 6.07) is 7.71. The quantitative estimate of drug-likeness (QED) is 0.435. The Bertz CT molecular complexity index is 1190. The average molecular weight is 412 g/mol. The second-order valence-corrected chi connectivity index (χ2v) is 7.54. The molecule has 0 fully saturated rings. The number of thiophene rings is 1. The van der Waals surface area contributed by atoms with Gasteiger partial charge in [-0.05, 0) is 36.2 Å². The van der Waals surface area contributed by atoms with E-state index >= 15 is 0 Å². The maximum atomic E-state index is 13.0. The highest BCUT2D eigenvalue weighted by Crippen LogP contribution is 2.26. The van der Waals surface area contributed by atoms with Gasteiger partial charge in [0.05, 0.1) is 17.6 Å². The molecule has 0 aliphatic carbocycles. The summed E-state index contributed by atoms with van der Waals surface area (Å²) in [5.74, 6) is 0.162. The van der Waals surface area contributed by atoms with Gasteiger partial charge in [0, 0.05) is 12.8 Å². The summed E-state index contributed by atoms with van der Waals surface area (Å²) >= 11 is 1.25. The Morgan fingerprint density at radius 2 is 2.07 bits per heavy atom. The van der Waals surface area contributed by atoms with Gasteiger partial charge in [-0.25, -0.2) is 23.4 Å². The van der Waals surface area contributed by atoms with E-state index in [4.69, 9.17) is 4.42 Å². The highest BCUT2D eigenvalue weighted by molar-refractivity contribution is 7.16. The molecule has 0 saturated heterocycles. The molecule has 1 aromatic carbocycles. The zero-order valence-electron chi connectivity index (χ0n) is 15.5. The molecular formula is C20H17FN4O3S. The van der Waals surface area contributed by atoms with Crippen LogP contribution in [-0.4, -0.2) is 25.1 Å². The molecule has 0 atom stereocenters. The highest BCUT2D eigenvalue weighted by Gasteiger charge is 2.17. The summed E-state index contributed by atoms with van der Waals surface area (Å²) in [6.07, 6.45) is 5.15. The summed E-state index contributed by atoms with van der Waals surface area (Å²) in [5.41, 5.74) is 1.25. The van der Waals surface area contributed by atoms with Crippen LogP contribution in [0, 0.1) is 12.7 Å². The molecule has 0 radical (unpaired) electrons. The van der Waals surface area contributed by atoms with Crippen molar-refractivity contribution in [3.8, 4) is 5.00 Å². The van der Waals surface area contributed by atoms with Crippen molar-refractivity contribution in [3.05, 3.63) is 87.3 Å². The lowest BCUT2D eigenvalue weighted by Gasteiger charge is -2.00. The van der Waals surface area contributed by atoms with Crippen LogP contribution in [-0.2, 0) is 13.0 Å². The van der Waals surface area contributed by atoms with Crippen molar-refractivity contribution in [3.63, 3.8) is 0 Å². The number of Topliss-reactive ketones (excluding diaryl/α,β-unsaturated/α-hetero) is 1. The Hall–Kier alpha value is -3.33. The molecule has 0 amide bonds. The maximum Gasteiger partial charge on any atom is 0.351 e. The Morgan fingerprint density at radius 1 is 1.28 bits per heavy atom. The van der Waals surface area contributed by atoms with E-state index in [1.54, 1.807) is 24.4 Å². The highest BCUT2D eigenvalue weighted by atomic mass is 32.1. The van der Waals surface area contributed by atoms with E-state index in [-0.39, 0.29) is 30.3 Å². The standard InChI is InChI=1S/C20H17FN4O3S/c1-13-10-18(29-19(13)16(26)6-7-17-22-8-9-28-17)24-12-23-25(20(24)27)11-14-2-4-15(21)5-3-14/h2-5,8-10,12H,6-7,11H2,1H3. The molecule has 0 spiro atoms. The fourth-order valence-corrected chi connectivity index (χ4v) is 4.03. The largest absolute Gasteiger partial charge is 0.449 e. The van der Waals surface area contributed by atoms with Crippen molar-refractivity contribution in [1.29, 1.82) is 0 Å². The monoisotopic (exact) mass is 412 g/mol. The Morgan fingerprint density at radius 3 is 2.79 bits per heavy atom. The number of oxazole rings is 1. The fourth-order valence-electron chi connectivity index (χ4n) is 2.93. The first kappa shape index (κ1) is 19.0. The van der Waals surface area contributed by atoms with E-state index < -0.39 is 0 Å². The van der Waals surface area contributed by atoms with Crippen LogP contribution in [0.2, 0.25) is 0 Å². The van der Waals surface area contributed by atoms with E-state index in [1.807, 2.05) is 6.92 Å². The number of aryl methyl sites for hydroxylation is 2. The minimum absolute atomic E-state index is 0.0243. The van der Waals surface area contributed by atoms with Gasteiger partial charge in [0.1, 0.15) is 23.4 Å². The van der Waals surface area contributed by atoms with Crippen molar-refractivity contribution in [2.75, 3.05) is 0 Å². The minimum Gasteiger partial charge on any atom is -0.449 e. The lowest BCUT2D eigenvalue weighted by Crippen LogP contribution is -2.23. The lowest BCUT2D eigenvalue weighted by atomic mass is 10.1. The predicted molar refractivity (Wildman–Crippen MR) is 105 cm³/mol. The molecule has 0 bridgehead atoms. The zero-order chi connectivity index (χ0) is 20.4. The third-order valence-electron chi connectivity index (χ3n) is 4.42. The number of carbonyl (C=O) groups is 1. The number of rotatable bonds is 7.